The van der Waals surface area contributed by atoms with Crippen molar-refractivity contribution in [3.05, 3.63) is 65.6 Å². The van der Waals surface area contributed by atoms with E-state index in [-0.39, 0.29) is 17.4 Å². The molecule has 1 heterocycles. The van der Waals surface area contributed by atoms with Gasteiger partial charge >= 0.3 is 0 Å². The Balaban J connectivity index is 2.00. The number of likely N-dealkylation sites (N-methyl/N-ethyl adjacent to an activating group) is 1. The third-order valence-electron chi connectivity index (χ3n) is 4.61. The highest BCUT2D eigenvalue weighted by Crippen LogP contribution is 2.22. The predicted molar refractivity (Wildman–Crippen MR) is 101 cm³/mol. The van der Waals surface area contributed by atoms with Gasteiger partial charge in [-0.05, 0) is 30.2 Å². The Morgan fingerprint density at radius 3 is 2.48 bits per heavy atom. The Morgan fingerprint density at radius 1 is 1.19 bits per heavy atom. The first-order valence-electron chi connectivity index (χ1n) is 8.68. The van der Waals surface area contributed by atoms with Crippen molar-refractivity contribution >= 4 is 22.7 Å². The Hall–Kier alpha value is -3.22. The van der Waals surface area contributed by atoms with Crippen LogP contribution in [0, 0.1) is 5.82 Å². The van der Waals surface area contributed by atoms with Crippen molar-refractivity contribution in [3.63, 3.8) is 0 Å². The van der Waals surface area contributed by atoms with Crippen LogP contribution in [0.3, 0.4) is 0 Å². The van der Waals surface area contributed by atoms with Crippen LogP contribution in [0.2, 0.25) is 0 Å². The maximum absolute atomic E-state index is 13.1. The number of fused-ring (bicyclic) bond motifs is 1. The Labute approximate surface area is 156 Å². The second-order valence-corrected chi connectivity index (χ2v) is 6.39. The van der Waals surface area contributed by atoms with Crippen LogP contribution in [0.5, 0.6) is 0 Å². The number of rotatable bonds is 6. The molecule has 0 aliphatic carbocycles. The summed E-state index contributed by atoms with van der Waals surface area (Å²) in [6.45, 7) is 2.19. The fourth-order valence-corrected chi connectivity index (χ4v) is 3.14. The van der Waals surface area contributed by atoms with Crippen LogP contribution in [0.1, 0.15) is 29.4 Å². The Bertz CT molecular complexity index is 981. The molecule has 3 aromatic rings. The van der Waals surface area contributed by atoms with Crippen molar-refractivity contribution in [1.82, 2.24) is 14.7 Å². The van der Waals surface area contributed by atoms with E-state index < -0.39 is 11.9 Å². The van der Waals surface area contributed by atoms with Gasteiger partial charge in [0.25, 0.3) is 5.91 Å². The summed E-state index contributed by atoms with van der Waals surface area (Å²) in [4.78, 5) is 25.9. The van der Waals surface area contributed by atoms with Crippen LogP contribution in [0.25, 0.3) is 10.9 Å². The molecule has 0 aliphatic heterocycles. The highest BCUT2D eigenvalue weighted by Gasteiger charge is 2.27. The number of benzene rings is 2. The SMILES string of the molecule is CC[C@@H](C(N)=O)N(C)C(=O)c1nn(Cc2ccc(F)cc2)c2ccccc12. The van der Waals surface area contributed by atoms with Crippen molar-refractivity contribution in [3.8, 4) is 0 Å². The lowest BCUT2D eigenvalue weighted by Crippen LogP contribution is -2.45. The smallest absolute Gasteiger partial charge is 0.275 e. The number of halogens is 1. The molecule has 0 spiro atoms. The number of para-hydroxylation sites is 1. The molecule has 27 heavy (non-hydrogen) atoms. The largest absolute Gasteiger partial charge is 0.368 e. The number of amides is 2. The van der Waals surface area contributed by atoms with Gasteiger partial charge in [-0.15, -0.1) is 0 Å². The first-order chi connectivity index (χ1) is 12.9. The van der Waals surface area contributed by atoms with E-state index in [0.29, 0.717) is 18.4 Å². The number of primary amides is 1. The minimum absolute atomic E-state index is 0.259. The van der Waals surface area contributed by atoms with E-state index >= 15 is 0 Å². The minimum atomic E-state index is -0.696. The van der Waals surface area contributed by atoms with Gasteiger partial charge in [-0.2, -0.15) is 5.10 Å². The van der Waals surface area contributed by atoms with Crippen molar-refractivity contribution in [2.75, 3.05) is 7.05 Å². The lowest BCUT2D eigenvalue weighted by atomic mass is 10.1. The zero-order valence-electron chi connectivity index (χ0n) is 15.2. The fraction of sp³-hybridized carbons (Fsp3) is 0.250. The van der Waals surface area contributed by atoms with Gasteiger partial charge in [-0.25, -0.2) is 4.39 Å². The first kappa shape index (κ1) is 18.6. The second-order valence-electron chi connectivity index (χ2n) is 6.39. The van der Waals surface area contributed by atoms with Crippen molar-refractivity contribution in [1.29, 1.82) is 0 Å². The summed E-state index contributed by atoms with van der Waals surface area (Å²) in [6.07, 6.45) is 0.422. The average Bonchev–Trinajstić information content (AvgIpc) is 3.02. The highest BCUT2D eigenvalue weighted by molar-refractivity contribution is 6.06. The molecule has 0 unspecified atom stereocenters. The summed E-state index contributed by atoms with van der Waals surface area (Å²) >= 11 is 0. The molecule has 1 aromatic heterocycles. The molecule has 0 radical (unpaired) electrons. The monoisotopic (exact) mass is 368 g/mol. The van der Waals surface area contributed by atoms with Gasteiger partial charge in [0.15, 0.2) is 5.69 Å². The number of hydrogen-bond donors (Lipinski definition) is 1. The zero-order valence-corrected chi connectivity index (χ0v) is 15.2. The van der Waals surface area contributed by atoms with Crippen LogP contribution in [-0.2, 0) is 11.3 Å². The molecular formula is C20H21FN4O2. The quantitative estimate of drug-likeness (QED) is 0.726. The van der Waals surface area contributed by atoms with Gasteiger partial charge in [-0.1, -0.05) is 37.3 Å². The molecular weight excluding hydrogens is 347 g/mol. The zero-order chi connectivity index (χ0) is 19.6. The number of carbonyl (C=O) groups is 2. The first-order valence-corrected chi connectivity index (χ1v) is 8.68. The summed E-state index contributed by atoms with van der Waals surface area (Å²) in [7, 11) is 1.55. The van der Waals surface area contributed by atoms with Crippen molar-refractivity contribution in [2.45, 2.75) is 25.9 Å². The van der Waals surface area contributed by atoms with Crippen molar-refractivity contribution in [2.24, 2.45) is 5.73 Å². The van der Waals surface area contributed by atoms with Gasteiger partial charge in [0.2, 0.25) is 5.91 Å². The van der Waals surface area contributed by atoms with E-state index in [0.717, 1.165) is 11.1 Å². The van der Waals surface area contributed by atoms with E-state index in [2.05, 4.69) is 5.10 Å². The number of nitrogens with zero attached hydrogens (tertiary/aromatic N) is 3. The maximum Gasteiger partial charge on any atom is 0.275 e. The number of aromatic nitrogens is 2. The molecule has 6 nitrogen and oxygen atoms in total. The summed E-state index contributed by atoms with van der Waals surface area (Å²) in [5.74, 6) is -1.23. The third-order valence-corrected chi connectivity index (χ3v) is 4.61. The van der Waals surface area contributed by atoms with Gasteiger partial charge in [0.05, 0.1) is 12.1 Å². The average molecular weight is 368 g/mol. The van der Waals surface area contributed by atoms with Crippen LogP contribution >= 0.6 is 0 Å². The number of hydrogen-bond acceptors (Lipinski definition) is 3. The molecule has 7 heteroatoms. The van der Waals surface area contributed by atoms with Gasteiger partial charge < -0.3 is 10.6 Å². The standard InChI is InChI=1S/C20H21FN4O2/c1-3-16(19(22)26)24(2)20(27)18-15-6-4-5-7-17(15)25(23-18)12-13-8-10-14(21)11-9-13/h4-11,16H,3,12H2,1-2H3,(H2,22,26)/t16-/m0/s1. The molecule has 3 rings (SSSR count). The van der Waals surface area contributed by atoms with E-state index in [4.69, 9.17) is 5.73 Å². The van der Waals surface area contributed by atoms with E-state index in [1.165, 1.54) is 17.0 Å². The Morgan fingerprint density at radius 2 is 1.85 bits per heavy atom. The molecule has 2 amide bonds. The molecule has 0 fully saturated rings. The third kappa shape index (κ3) is 3.67. The molecule has 0 bridgehead atoms. The normalized spacial score (nSPS) is 12.1. The summed E-state index contributed by atoms with van der Waals surface area (Å²) < 4.78 is 14.8. The molecule has 0 saturated carbocycles. The van der Waals surface area contributed by atoms with Crippen LogP contribution < -0.4 is 5.73 Å². The maximum atomic E-state index is 13.1. The molecule has 0 saturated heterocycles. The summed E-state index contributed by atoms with van der Waals surface area (Å²) in [5, 5.41) is 5.17. The van der Waals surface area contributed by atoms with Gasteiger partial charge in [0.1, 0.15) is 11.9 Å². The minimum Gasteiger partial charge on any atom is -0.368 e. The lowest BCUT2D eigenvalue weighted by Gasteiger charge is -2.23. The molecule has 2 N–H and O–H groups in total. The predicted octanol–water partition coefficient (Wildman–Crippen LogP) is 2.56. The number of carbonyl (C=O) groups excluding carboxylic acids is 2. The van der Waals surface area contributed by atoms with E-state index in [1.54, 1.807) is 30.8 Å². The molecule has 1 atom stereocenters. The van der Waals surface area contributed by atoms with Crippen LogP contribution in [0.15, 0.2) is 48.5 Å². The lowest BCUT2D eigenvalue weighted by molar-refractivity contribution is -0.122. The topological polar surface area (TPSA) is 81.2 Å². The highest BCUT2D eigenvalue weighted by atomic mass is 19.1. The van der Waals surface area contributed by atoms with Gasteiger partial charge in [-0.3, -0.25) is 14.3 Å². The van der Waals surface area contributed by atoms with Crippen LogP contribution in [-0.4, -0.2) is 39.6 Å². The Kier molecular flexibility index (Phi) is 5.21. The molecule has 2 aromatic carbocycles. The fourth-order valence-electron chi connectivity index (χ4n) is 3.14. The van der Waals surface area contributed by atoms with E-state index in [9.17, 15) is 14.0 Å². The van der Waals surface area contributed by atoms with Gasteiger partial charge in [0, 0.05) is 12.4 Å². The van der Waals surface area contributed by atoms with Crippen LogP contribution in [0.4, 0.5) is 4.39 Å². The molecule has 140 valence electrons. The summed E-state index contributed by atoms with van der Waals surface area (Å²) in [5.41, 5.74) is 7.31. The van der Waals surface area contributed by atoms with E-state index in [1.807, 2.05) is 24.3 Å². The van der Waals surface area contributed by atoms with Crippen molar-refractivity contribution < 1.29 is 14.0 Å². The molecule has 0 aliphatic rings. The summed E-state index contributed by atoms with van der Waals surface area (Å²) in [6, 6.07) is 12.8. The second kappa shape index (κ2) is 7.57. The number of nitrogens with two attached hydrogens (primary N) is 1.